The molecule has 0 saturated carbocycles. The highest BCUT2D eigenvalue weighted by Crippen LogP contribution is 2.13. The Balaban J connectivity index is 4.52. The van der Waals surface area contributed by atoms with Gasteiger partial charge in [-0.15, -0.1) is 0 Å². The third-order valence-corrected chi connectivity index (χ3v) is 9.60. The van der Waals surface area contributed by atoms with Crippen molar-refractivity contribution in [2.24, 2.45) is 0 Å². The molecule has 0 radical (unpaired) electrons. The Bertz CT molecular complexity index is 1400. The van der Waals surface area contributed by atoms with E-state index < -0.39 is 6.10 Å². The zero-order valence-corrected chi connectivity index (χ0v) is 39.3. The summed E-state index contributed by atoms with van der Waals surface area (Å²) in [4.78, 5) is 37.9. The molecule has 0 amide bonds. The molecule has 0 aromatic heterocycles. The summed E-state index contributed by atoms with van der Waals surface area (Å²) in [6, 6.07) is 0. The molecular weight excluding hydrogens is 769 g/mol. The maximum absolute atomic E-state index is 12.8. The normalized spacial score (nSPS) is 13.3. The first-order valence-electron chi connectivity index (χ1n) is 24.3. The molecule has 0 spiro atoms. The third-order valence-electron chi connectivity index (χ3n) is 9.60. The van der Waals surface area contributed by atoms with Gasteiger partial charge in [0.05, 0.1) is 0 Å². The van der Waals surface area contributed by atoms with E-state index in [4.69, 9.17) is 14.2 Å². The average Bonchev–Trinajstić information content (AvgIpc) is 3.27. The Morgan fingerprint density at radius 1 is 0.339 bits per heavy atom. The van der Waals surface area contributed by atoms with Crippen LogP contribution >= 0.6 is 0 Å². The summed E-state index contributed by atoms with van der Waals surface area (Å²) in [6.07, 6.45) is 68.5. The van der Waals surface area contributed by atoms with Gasteiger partial charge in [0.25, 0.3) is 0 Å². The Morgan fingerprint density at radius 3 is 0.984 bits per heavy atom. The topological polar surface area (TPSA) is 78.9 Å². The molecule has 0 rings (SSSR count). The molecule has 1 unspecified atom stereocenters. The highest BCUT2D eigenvalue weighted by atomic mass is 16.6. The van der Waals surface area contributed by atoms with Crippen molar-refractivity contribution in [1.29, 1.82) is 0 Å². The standard InChI is InChI=1S/C56H86O6/c1-4-7-10-13-16-19-22-25-26-27-28-29-32-34-37-40-43-46-49-55(58)61-52-53(62-56(59)50-47-44-41-38-35-31-24-21-18-15-12-9-6-3)51-60-54(57)48-45-42-39-36-33-30-23-20-17-14-11-8-5-2/h8-29,53H,4-7,30-52H2,1-3H3/b11-8+,12-9+,13-10+,17-14+,18-15+,19-16+,23-20+,24-21+,25-22+,27-26+,29-28+. The third kappa shape index (κ3) is 46.6. The maximum atomic E-state index is 12.8. The van der Waals surface area contributed by atoms with Gasteiger partial charge in [0, 0.05) is 19.3 Å². The second kappa shape index (κ2) is 49.2. The van der Waals surface area contributed by atoms with E-state index >= 15 is 0 Å². The van der Waals surface area contributed by atoms with E-state index in [0.717, 1.165) is 135 Å². The second-order valence-corrected chi connectivity index (χ2v) is 15.5. The molecule has 62 heavy (non-hydrogen) atoms. The summed E-state index contributed by atoms with van der Waals surface area (Å²) in [6.45, 7) is 6.19. The summed E-state index contributed by atoms with van der Waals surface area (Å²) in [5.74, 6) is -0.989. The van der Waals surface area contributed by atoms with Crippen LogP contribution in [0, 0.1) is 0 Å². The Hall–Kier alpha value is -4.45. The van der Waals surface area contributed by atoms with Crippen LogP contribution in [0.3, 0.4) is 0 Å². The number of allylic oxidation sites excluding steroid dienone is 22. The van der Waals surface area contributed by atoms with Gasteiger partial charge in [-0.1, -0.05) is 219 Å². The number of rotatable bonds is 41. The highest BCUT2D eigenvalue weighted by molar-refractivity contribution is 5.71. The van der Waals surface area contributed by atoms with Crippen LogP contribution in [-0.4, -0.2) is 37.2 Å². The summed E-state index contributed by atoms with van der Waals surface area (Å²) in [7, 11) is 0. The predicted octanol–water partition coefficient (Wildman–Crippen LogP) is 15.9. The van der Waals surface area contributed by atoms with Crippen LogP contribution in [0.25, 0.3) is 0 Å². The van der Waals surface area contributed by atoms with Crippen molar-refractivity contribution in [1.82, 2.24) is 0 Å². The first kappa shape index (κ1) is 57.5. The SMILES string of the molecule is CC/C=C/C=C/C=C/CCCCCCCC(=O)OCC(COC(=O)CCCCCCC/C=C/C=C/C=C/C=C/C=C/CCC)OC(=O)CCCCCCC/C=C/C=C/C=C/CC. The average molecular weight is 855 g/mol. The van der Waals surface area contributed by atoms with Crippen molar-refractivity contribution in [2.75, 3.05) is 13.2 Å². The van der Waals surface area contributed by atoms with Crippen molar-refractivity contribution in [3.05, 3.63) is 134 Å². The van der Waals surface area contributed by atoms with Crippen molar-refractivity contribution < 1.29 is 28.6 Å². The van der Waals surface area contributed by atoms with Crippen LogP contribution in [0.4, 0.5) is 0 Å². The van der Waals surface area contributed by atoms with Gasteiger partial charge < -0.3 is 14.2 Å². The first-order valence-corrected chi connectivity index (χ1v) is 24.3. The van der Waals surface area contributed by atoms with Gasteiger partial charge >= 0.3 is 17.9 Å². The molecular formula is C56H86O6. The van der Waals surface area contributed by atoms with Gasteiger partial charge in [0.1, 0.15) is 13.2 Å². The Labute approximate surface area is 379 Å². The van der Waals surface area contributed by atoms with Crippen molar-refractivity contribution in [3.63, 3.8) is 0 Å². The van der Waals surface area contributed by atoms with Crippen LogP contribution < -0.4 is 0 Å². The summed E-state index contributed by atoms with van der Waals surface area (Å²) < 4.78 is 16.7. The largest absolute Gasteiger partial charge is 0.462 e. The molecule has 0 bridgehead atoms. The van der Waals surface area contributed by atoms with Gasteiger partial charge in [-0.3, -0.25) is 14.4 Å². The lowest BCUT2D eigenvalue weighted by Crippen LogP contribution is -2.30. The zero-order valence-electron chi connectivity index (χ0n) is 39.3. The molecule has 346 valence electrons. The monoisotopic (exact) mass is 855 g/mol. The molecule has 0 aliphatic rings. The van der Waals surface area contributed by atoms with Crippen LogP contribution in [0.2, 0.25) is 0 Å². The molecule has 0 aliphatic carbocycles. The van der Waals surface area contributed by atoms with Gasteiger partial charge in [-0.25, -0.2) is 0 Å². The molecule has 6 heteroatoms. The molecule has 6 nitrogen and oxygen atoms in total. The van der Waals surface area contributed by atoms with E-state index in [0.29, 0.717) is 12.8 Å². The van der Waals surface area contributed by atoms with Gasteiger partial charge in [-0.2, -0.15) is 0 Å². The number of hydrogen-bond donors (Lipinski definition) is 0. The van der Waals surface area contributed by atoms with E-state index in [9.17, 15) is 14.4 Å². The van der Waals surface area contributed by atoms with Crippen molar-refractivity contribution in [3.8, 4) is 0 Å². The molecule has 0 aromatic carbocycles. The van der Waals surface area contributed by atoms with E-state index in [1.54, 1.807) is 0 Å². The number of hydrogen-bond acceptors (Lipinski definition) is 6. The number of carbonyl (C=O) groups excluding carboxylic acids is 3. The minimum absolute atomic E-state index is 0.111. The molecule has 0 aliphatic heterocycles. The minimum Gasteiger partial charge on any atom is -0.462 e. The number of esters is 3. The quantitative estimate of drug-likeness (QED) is 0.0264. The maximum Gasteiger partial charge on any atom is 0.306 e. The van der Waals surface area contributed by atoms with E-state index in [1.165, 1.54) is 6.42 Å². The lowest BCUT2D eigenvalue weighted by Gasteiger charge is -2.18. The smallest absolute Gasteiger partial charge is 0.306 e. The fraction of sp³-hybridized carbons (Fsp3) is 0.554. The fourth-order valence-electron chi connectivity index (χ4n) is 6.00. The van der Waals surface area contributed by atoms with Crippen LogP contribution in [-0.2, 0) is 28.6 Å². The highest BCUT2D eigenvalue weighted by Gasteiger charge is 2.19. The minimum atomic E-state index is -0.812. The summed E-state index contributed by atoms with van der Waals surface area (Å²) in [5, 5.41) is 0. The van der Waals surface area contributed by atoms with Crippen LogP contribution in [0.1, 0.15) is 181 Å². The first-order chi connectivity index (χ1) is 30.5. The van der Waals surface area contributed by atoms with E-state index in [-0.39, 0.29) is 37.5 Å². The van der Waals surface area contributed by atoms with E-state index in [1.807, 2.05) is 48.6 Å². The van der Waals surface area contributed by atoms with Crippen LogP contribution in [0.5, 0.6) is 0 Å². The molecule has 1 atom stereocenters. The predicted molar refractivity (Wildman–Crippen MR) is 265 cm³/mol. The number of carbonyl (C=O) groups is 3. The fourth-order valence-corrected chi connectivity index (χ4v) is 6.00. The Kier molecular flexibility index (Phi) is 45.7. The number of unbranched alkanes of at least 4 members (excludes halogenated alkanes) is 16. The lowest BCUT2D eigenvalue weighted by atomic mass is 10.1. The van der Waals surface area contributed by atoms with Crippen molar-refractivity contribution >= 4 is 17.9 Å². The molecule has 0 aromatic rings. The molecule has 0 saturated heterocycles. The molecule has 0 N–H and O–H groups in total. The second-order valence-electron chi connectivity index (χ2n) is 15.5. The summed E-state index contributed by atoms with van der Waals surface area (Å²) in [5.41, 5.74) is 0. The van der Waals surface area contributed by atoms with Gasteiger partial charge in [0.15, 0.2) is 6.10 Å². The van der Waals surface area contributed by atoms with Crippen molar-refractivity contribution in [2.45, 2.75) is 187 Å². The summed E-state index contributed by atoms with van der Waals surface area (Å²) >= 11 is 0. The molecule has 0 fully saturated rings. The van der Waals surface area contributed by atoms with E-state index in [2.05, 4.69) is 106 Å². The lowest BCUT2D eigenvalue weighted by molar-refractivity contribution is -0.167. The number of ether oxygens (including phenoxy) is 3. The molecule has 0 heterocycles. The van der Waals surface area contributed by atoms with Gasteiger partial charge in [0.2, 0.25) is 0 Å². The van der Waals surface area contributed by atoms with Crippen LogP contribution in [0.15, 0.2) is 134 Å². The van der Waals surface area contributed by atoms with Gasteiger partial charge in [-0.05, 0) is 77.0 Å². The zero-order chi connectivity index (χ0) is 45.1. The Morgan fingerprint density at radius 2 is 0.629 bits per heavy atom.